The van der Waals surface area contributed by atoms with Gasteiger partial charge >= 0.3 is 0 Å². The van der Waals surface area contributed by atoms with Gasteiger partial charge in [0.2, 0.25) is 5.91 Å². The highest BCUT2D eigenvalue weighted by Crippen LogP contribution is 2.08. The first-order valence-electron chi connectivity index (χ1n) is 5.75. The number of aromatic nitrogens is 1. The van der Waals surface area contributed by atoms with E-state index in [9.17, 15) is 4.79 Å². The molecule has 2 heterocycles. The van der Waals surface area contributed by atoms with Gasteiger partial charge in [-0.15, -0.1) is 0 Å². The average Bonchev–Trinajstić information content (AvgIpc) is 2.39. The Kier molecular flexibility index (Phi) is 4.06. The minimum atomic E-state index is -0.363. The molecule has 1 aliphatic rings. The molecule has 0 aromatic carbocycles. The number of hydrogen-bond donors (Lipinski definition) is 1. The molecule has 0 radical (unpaired) electrons. The zero-order valence-corrected chi connectivity index (χ0v) is 9.93. The van der Waals surface area contributed by atoms with Crippen molar-refractivity contribution in [2.75, 3.05) is 26.7 Å². The van der Waals surface area contributed by atoms with E-state index in [2.05, 4.69) is 15.2 Å². The van der Waals surface area contributed by atoms with Gasteiger partial charge in [0, 0.05) is 32.9 Å². The van der Waals surface area contributed by atoms with E-state index in [4.69, 9.17) is 4.74 Å². The van der Waals surface area contributed by atoms with Crippen molar-refractivity contribution in [1.29, 1.82) is 0 Å². The first-order chi connectivity index (χ1) is 8.29. The van der Waals surface area contributed by atoms with Crippen LogP contribution in [0.4, 0.5) is 0 Å². The van der Waals surface area contributed by atoms with Crippen LogP contribution in [-0.4, -0.2) is 48.6 Å². The average molecular weight is 235 g/mol. The highest BCUT2D eigenvalue weighted by molar-refractivity contribution is 5.80. The fourth-order valence-corrected chi connectivity index (χ4v) is 1.89. The minimum Gasteiger partial charge on any atom is -0.366 e. The van der Waals surface area contributed by atoms with Gasteiger partial charge in [0.05, 0.1) is 12.3 Å². The largest absolute Gasteiger partial charge is 0.366 e. The number of rotatable bonds is 3. The van der Waals surface area contributed by atoms with Crippen LogP contribution in [0.1, 0.15) is 5.69 Å². The predicted octanol–water partition coefficient (Wildman–Crippen LogP) is 0.0284. The van der Waals surface area contributed by atoms with Crippen molar-refractivity contribution in [3.63, 3.8) is 0 Å². The summed E-state index contributed by atoms with van der Waals surface area (Å²) in [6.45, 7) is 2.81. The SMILES string of the molecule is CNC(=O)C1CN(Cc2ccccn2)CCO1. The van der Waals surface area contributed by atoms with Gasteiger partial charge in [-0.1, -0.05) is 6.07 Å². The lowest BCUT2D eigenvalue weighted by atomic mass is 10.2. The van der Waals surface area contributed by atoms with E-state index in [1.54, 1.807) is 13.2 Å². The van der Waals surface area contributed by atoms with Crippen LogP contribution in [0, 0.1) is 0 Å². The van der Waals surface area contributed by atoms with Crippen molar-refractivity contribution < 1.29 is 9.53 Å². The molecule has 0 saturated carbocycles. The number of nitrogens with zero attached hydrogens (tertiary/aromatic N) is 2. The van der Waals surface area contributed by atoms with Gasteiger partial charge in [-0.3, -0.25) is 14.7 Å². The third kappa shape index (κ3) is 3.25. The summed E-state index contributed by atoms with van der Waals surface area (Å²) in [4.78, 5) is 18.0. The second kappa shape index (κ2) is 5.75. The Bertz CT molecular complexity index is 369. The van der Waals surface area contributed by atoms with Crippen molar-refractivity contribution in [2.45, 2.75) is 12.6 Å². The number of carbonyl (C=O) groups is 1. The predicted molar refractivity (Wildman–Crippen MR) is 63.3 cm³/mol. The third-order valence-electron chi connectivity index (χ3n) is 2.80. The van der Waals surface area contributed by atoms with Crippen LogP contribution in [0.15, 0.2) is 24.4 Å². The Balaban J connectivity index is 1.92. The Labute approximate surface area is 101 Å². The van der Waals surface area contributed by atoms with Gasteiger partial charge in [0.15, 0.2) is 0 Å². The zero-order chi connectivity index (χ0) is 12.1. The summed E-state index contributed by atoms with van der Waals surface area (Å²) in [7, 11) is 1.63. The number of nitrogens with one attached hydrogen (secondary N) is 1. The lowest BCUT2D eigenvalue weighted by molar-refractivity contribution is -0.138. The molecule has 0 spiro atoms. The van der Waals surface area contributed by atoms with E-state index >= 15 is 0 Å². The highest BCUT2D eigenvalue weighted by Gasteiger charge is 2.25. The molecule has 1 unspecified atom stereocenters. The summed E-state index contributed by atoms with van der Waals surface area (Å²) >= 11 is 0. The second-order valence-corrected chi connectivity index (χ2v) is 4.03. The monoisotopic (exact) mass is 235 g/mol. The van der Waals surface area contributed by atoms with Crippen molar-refractivity contribution in [3.05, 3.63) is 30.1 Å². The first kappa shape index (κ1) is 12.0. The number of amides is 1. The van der Waals surface area contributed by atoms with Crippen LogP contribution in [0.3, 0.4) is 0 Å². The molecule has 5 nitrogen and oxygen atoms in total. The molecule has 1 atom stereocenters. The van der Waals surface area contributed by atoms with Crippen LogP contribution in [0.5, 0.6) is 0 Å². The second-order valence-electron chi connectivity index (χ2n) is 4.03. The standard InChI is InChI=1S/C12H17N3O2/c1-13-12(16)11-9-15(6-7-17-11)8-10-4-2-3-5-14-10/h2-5,11H,6-9H2,1H3,(H,13,16). The van der Waals surface area contributed by atoms with Gasteiger partial charge in [0.1, 0.15) is 6.10 Å². The number of likely N-dealkylation sites (N-methyl/N-ethyl adjacent to an activating group) is 1. The maximum Gasteiger partial charge on any atom is 0.250 e. The molecule has 0 aliphatic carbocycles. The van der Waals surface area contributed by atoms with Crippen LogP contribution < -0.4 is 5.32 Å². The molecule has 1 fully saturated rings. The van der Waals surface area contributed by atoms with Gasteiger partial charge in [-0.05, 0) is 12.1 Å². The van der Waals surface area contributed by atoms with Gasteiger partial charge in [0.25, 0.3) is 0 Å². The zero-order valence-electron chi connectivity index (χ0n) is 9.93. The fraction of sp³-hybridized carbons (Fsp3) is 0.500. The van der Waals surface area contributed by atoms with Crippen LogP contribution in [0.25, 0.3) is 0 Å². The van der Waals surface area contributed by atoms with Crippen LogP contribution >= 0.6 is 0 Å². The number of pyridine rings is 1. The van der Waals surface area contributed by atoms with Gasteiger partial charge in [-0.25, -0.2) is 0 Å². The Morgan fingerprint density at radius 3 is 3.24 bits per heavy atom. The minimum absolute atomic E-state index is 0.0595. The van der Waals surface area contributed by atoms with Crippen molar-refractivity contribution in [1.82, 2.24) is 15.2 Å². The van der Waals surface area contributed by atoms with E-state index in [-0.39, 0.29) is 12.0 Å². The quantitative estimate of drug-likeness (QED) is 0.803. The summed E-state index contributed by atoms with van der Waals surface area (Å²) in [6, 6.07) is 5.86. The van der Waals surface area contributed by atoms with E-state index in [0.29, 0.717) is 13.2 Å². The lowest BCUT2D eigenvalue weighted by Crippen LogP contribution is -2.48. The van der Waals surface area contributed by atoms with Crippen molar-refractivity contribution >= 4 is 5.91 Å². The van der Waals surface area contributed by atoms with Gasteiger partial charge < -0.3 is 10.1 Å². The van der Waals surface area contributed by atoms with E-state index in [0.717, 1.165) is 18.8 Å². The van der Waals surface area contributed by atoms with Crippen LogP contribution in [0.2, 0.25) is 0 Å². The smallest absolute Gasteiger partial charge is 0.250 e. The summed E-state index contributed by atoms with van der Waals surface area (Å²) in [6.07, 6.45) is 1.42. The molecule has 17 heavy (non-hydrogen) atoms. The lowest BCUT2D eigenvalue weighted by Gasteiger charge is -2.31. The summed E-state index contributed by atoms with van der Waals surface area (Å²) in [5.74, 6) is -0.0595. The van der Waals surface area contributed by atoms with Gasteiger partial charge in [-0.2, -0.15) is 0 Å². The maximum atomic E-state index is 11.5. The number of carbonyl (C=O) groups excluding carboxylic acids is 1. The van der Waals surface area contributed by atoms with E-state index in [1.807, 2.05) is 18.2 Å². The third-order valence-corrected chi connectivity index (χ3v) is 2.80. The van der Waals surface area contributed by atoms with Crippen molar-refractivity contribution in [3.8, 4) is 0 Å². The molecule has 0 bridgehead atoms. The molecule has 1 aliphatic heterocycles. The van der Waals surface area contributed by atoms with Crippen molar-refractivity contribution in [2.24, 2.45) is 0 Å². The Morgan fingerprint density at radius 2 is 2.53 bits per heavy atom. The number of ether oxygens (including phenoxy) is 1. The summed E-state index contributed by atoms with van der Waals surface area (Å²) < 4.78 is 5.42. The topological polar surface area (TPSA) is 54.5 Å². The molecule has 92 valence electrons. The molecular formula is C12H17N3O2. The maximum absolute atomic E-state index is 11.5. The van der Waals surface area contributed by atoms with Crippen LogP contribution in [-0.2, 0) is 16.1 Å². The molecule has 1 amide bonds. The molecule has 2 rings (SSSR count). The molecule has 1 aromatic heterocycles. The first-order valence-corrected chi connectivity index (χ1v) is 5.75. The molecule has 1 saturated heterocycles. The van der Waals surface area contributed by atoms with E-state index in [1.165, 1.54) is 0 Å². The molecular weight excluding hydrogens is 218 g/mol. The summed E-state index contributed by atoms with van der Waals surface area (Å²) in [5, 5.41) is 2.61. The molecule has 1 aromatic rings. The van der Waals surface area contributed by atoms with E-state index < -0.39 is 0 Å². The Morgan fingerprint density at radius 1 is 1.65 bits per heavy atom. The normalized spacial score (nSPS) is 21.1. The highest BCUT2D eigenvalue weighted by atomic mass is 16.5. The molecule has 5 heteroatoms. The Hall–Kier alpha value is -1.46. The number of morpholine rings is 1. The number of hydrogen-bond acceptors (Lipinski definition) is 4. The molecule has 1 N–H and O–H groups in total. The summed E-state index contributed by atoms with van der Waals surface area (Å²) in [5.41, 5.74) is 1.02. The fourth-order valence-electron chi connectivity index (χ4n) is 1.89.